The molecule has 1 saturated carbocycles. The summed E-state index contributed by atoms with van der Waals surface area (Å²) in [6.45, 7) is 4.12. The maximum atomic E-state index is 11.7. The Morgan fingerprint density at radius 1 is 1.35 bits per heavy atom. The summed E-state index contributed by atoms with van der Waals surface area (Å²) >= 11 is 1.38. The number of urea groups is 1. The van der Waals surface area contributed by atoms with Gasteiger partial charge in [0.15, 0.2) is 0 Å². The number of carbonyl (C=O) groups is 1. The van der Waals surface area contributed by atoms with Crippen molar-refractivity contribution in [2.75, 3.05) is 10.6 Å². The lowest BCUT2D eigenvalue weighted by molar-refractivity contribution is 0.251. The lowest BCUT2D eigenvalue weighted by Crippen LogP contribution is -2.30. The van der Waals surface area contributed by atoms with E-state index in [1.54, 1.807) is 0 Å². The van der Waals surface area contributed by atoms with Crippen LogP contribution >= 0.6 is 11.5 Å². The van der Waals surface area contributed by atoms with Crippen molar-refractivity contribution in [3.63, 3.8) is 0 Å². The van der Waals surface area contributed by atoms with E-state index in [4.69, 9.17) is 0 Å². The molecule has 0 radical (unpaired) electrons. The molecule has 1 fully saturated rings. The maximum Gasteiger partial charge on any atom is 0.319 e. The first-order valence-corrected chi connectivity index (χ1v) is 8.68. The number of rotatable bonds is 6. The van der Waals surface area contributed by atoms with Crippen LogP contribution in [-0.2, 0) is 6.42 Å². The number of hydrogen-bond donors (Lipinski definition) is 3. The molecule has 1 atom stereocenters. The van der Waals surface area contributed by atoms with Crippen LogP contribution in [0.5, 0.6) is 0 Å². The van der Waals surface area contributed by atoms with Gasteiger partial charge in [0, 0.05) is 29.7 Å². The van der Waals surface area contributed by atoms with E-state index in [0.717, 1.165) is 41.5 Å². The fraction of sp³-hybridized carbons (Fsp3) is 0.438. The van der Waals surface area contributed by atoms with Crippen molar-refractivity contribution in [1.82, 2.24) is 14.7 Å². The van der Waals surface area contributed by atoms with E-state index in [-0.39, 0.29) is 12.1 Å². The SMILES string of the molecule is CCc1nsc(N[C@@H](C)c2ccc(NC(=O)NC3CC3)cc2)n1. The Kier molecular flexibility index (Phi) is 4.76. The van der Waals surface area contributed by atoms with Crippen molar-refractivity contribution in [3.05, 3.63) is 35.7 Å². The van der Waals surface area contributed by atoms with E-state index in [0.29, 0.717) is 6.04 Å². The van der Waals surface area contributed by atoms with Gasteiger partial charge in [-0.3, -0.25) is 0 Å². The van der Waals surface area contributed by atoms with Gasteiger partial charge in [-0.15, -0.1) is 0 Å². The number of nitrogens with one attached hydrogen (secondary N) is 3. The summed E-state index contributed by atoms with van der Waals surface area (Å²) < 4.78 is 4.27. The maximum absolute atomic E-state index is 11.7. The fourth-order valence-electron chi connectivity index (χ4n) is 2.16. The molecule has 0 bridgehead atoms. The molecule has 2 aromatic rings. The molecule has 7 heteroatoms. The van der Waals surface area contributed by atoms with E-state index < -0.39 is 0 Å². The number of carbonyl (C=O) groups excluding carboxylic acids is 1. The molecule has 6 nitrogen and oxygen atoms in total. The van der Waals surface area contributed by atoms with Crippen molar-refractivity contribution in [3.8, 4) is 0 Å². The number of amides is 2. The number of aromatic nitrogens is 2. The largest absolute Gasteiger partial charge is 0.354 e. The highest BCUT2D eigenvalue weighted by molar-refractivity contribution is 7.09. The average molecular weight is 331 g/mol. The highest BCUT2D eigenvalue weighted by Crippen LogP contribution is 2.22. The third kappa shape index (κ3) is 4.41. The summed E-state index contributed by atoms with van der Waals surface area (Å²) in [6, 6.07) is 8.20. The summed E-state index contributed by atoms with van der Waals surface area (Å²) in [5, 5.41) is 9.94. The summed E-state index contributed by atoms with van der Waals surface area (Å²) in [6.07, 6.45) is 3.01. The smallest absolute Gasteiger partial charge is 0.319 e. The molecule has 1 aliphatic carbocycles. The minimum Gasteiger partial charge on any atom is -0.354 e. The van der Waals surface area contributed by atoms with E-state index in [9.17, 15) is 4.79 Å². The summed E-state index contributed by atoms with van der Waals surface area (Å²) in [7, 11) is 0. The van der Waals surface area contributed by atoms with Crippen molar-refractivity contribution in [2.45, 2.75) is 45.2 Å². The minimum atomic E-state index is -0.132. The van der Waals surface area contributed by atoms with Gasteiger partial charge in [-0.25, -0.2) is 9.78 Å². The Hall–Kier alpha value is -2.15. The quantitative estimate of drug-likeness (QED) is 0.756. The number of benzene rings is 1. The molecule has 0 spiro atoms. The molecule has 3 rings (SSSR count). The van der Waals surface area contributed by atoms with Crippen molar-refractivity contribution in [2.24, 2.45) is 0 Å². The van der Waals surface area contributed by atoms with Gasteiger partial charge in [-0.05, 0) is 37.5 Å². The lowest BCUT2D eigenvalue weighted by atomic mass is 10.1. The Balaban J connectivity index is 1.55. The Morgan fingerprint density at radius 3 is 2.70 bits per heavy atom. The van der Waals surface area contributed by atoms with Gasteiger partial charge < -0.3 is 16.0 Å². The predicted molar refractivity (Wildman–Crippen MR) is 92.9 cm³/mol. The van der Waals surface area contributed by atoms with E-state index in [2.05, 4.69) is 32.2 Å². The monoisotopic (exact) mass is 331 g/mol. The summed E-state index contributed by atoms with van der Waals surface area (Å²) in [4.78, 5) is 16.1. The molecular formula is C16H21N5OS. The first kappa shape index (κ1) is 15.7. The van der Waals surface area contributed by atoms with Gasteiger partial charge in [0.25, 0.3) is 0 Å². The van der Waals surface area contributed by atoms with Gasteiger partial charge in [0.1, 0.15) is 5.82 Å². The molecule has 1 heterocycles. The highest BCUT2D eigenvalue weighted by atomic mass is 32.1. The van der Waals surface area contributed by atoms with E-state index in [1.165, 1.54) is 11.5 Å². The first-order valence-electron chi connectivity index (χ1n) is 7.90. The molecule has 0 aliphatic heterocycles. The van der Waals surface area contributed by atoms with Crippen LogP contribution in [-0.4, -0.2) is 21.4 Å². The van der Waals surface area contributed by atoms with Gasteiger partial charge in [-0.2, -0.15) is 4.37 Å². The van der Waals surface area contributed by atoms with Crippen LogP contribution in [0.15, 0.2) is 24.3 Å². The zero-order valence-electron chi connectivity index (χ0n) is 13.3. The van der Waals surface area contributed by atoms with Gasteiger partial charge in [0.2, 0.25) is 5.13 Å². The van der Waals surface area contributed by atoms with Crippen molar-refractivity contribution < 1.29 is 4.79 Å². The Morgan fingerprint density at radius 2 is 2.09 bits per heavy atom. The van der Waals surface area contributed by atoms with Crippen LogP contribution in [0.2, 0.25) is 0 Å². The van der Waals surface area contributed by atoms with E-state index >= 15 is 0 Å². The third-order valence-electron chi connectivity index (χ3n) is 3.71. The lowest BCUT2D eigenvalue weighted by Gasteiger charge is -2.14. The van der Waals surface area contributed by atoms with Crippen LogP contribution in [0.1, 0.15) is 44.1 Å². The first-order chi connectivity index (χ1) is 11.1. The average Bonchev–Trinajstić information content (AvgIpc) is 3.23. The second-order valence-electron chi connectivity index (χ2n) is 5.73. The second kappa shape index (κ2) is 6.95. The number of aryl methyl sites for hydroxylation is 1. The van der Waals surface area contributed by atoms with Crippen LogP contribution in [0.3, 0.4) is 0 Å². The Labute approximate surface area is 139 Å². The third-order valence-corrected chi connectivity index (χ3v) is 4.39. The molecule has 1 aromatic carbocycles. The molecule has 0 saturated heterocycles. The Bertz CT molecular complexity index is 665. The van der Waals surface area contributed by atoms with Gasteiger partial charge in [-0.1, -0.05) is 19.1 Å². The standard InChI is InChI=1S/C16H21N5OS/c1-3-14-20-16(23-21-14)17-10(2)11-4-6-12(7-5-11)18-15(22)19-13-8-9-13/h4-7,10,13H,3,8-9H2,1-2H3,(H,17,20,21)(H2,18,19,22)/t10-/m0/s1. The topological polar surface area (TPSA) is 78.9 Å². The molecule has 0 unspecified atom stereocenters. The van der Waals surface area contributed by atoms with E-state index in [1.807, 2.05) is 31.2 Å². The number of anilines is 2. The zero-order chi connectivity index (χ0) is 16.2. The molecule has 3 N–H and O–H groups in total. The molecule has 1 aliphatic rings. The molecule has 23 heavy (non-hydrogen) atoms. The molecule has 2 amide bonds. The number of nitrogens with zero attached hydrogens (tertiary/aromatic N) is 2. The van der Waals surface area contributed by atoms with Crippen LogP contribution in [0.4, 0.5) is 15.6 Å². The zero-order valence-corrected chi connectivity index (χ0v) is 14.1. The van der Waals surface area contributed by atoms with Crippen LogP contribution < -0.4 is 16.0 Å². The van der Waals surface area contributed by atoms with Crippen molar-refractivity contribution >= 4 is 28.4 Å². The van der Waals surface area contributed by atoms with Gasteiger partial charge >= 0.3 is 6.03 Å². The summed E-state index contributed by atoms with van der Waals surface area (Å²) in [5.74, 6) is 0.867. The molecular weight excluding hydrogens is 310 g/mol. The second-order valence-corrected chi connectivity index (χ2v) is 6.48. The van der Waals surface area contributed by atoms with Crippen LogP contribution in [0, 0.1) is 0 Å². The van der Waals surface area contributed by atoms with Crippen LogP contribution in [0.25, 0.3) is 0 Å². The highest BCUT2D eigenvalue weighted by Gasteiger charge is 2.23. The predicted octanol–water partition coefficient (Wildman–Crippen LogP) is 3.56. The minimum absolute atomic E-state index is 0.127. The normalized spacial score (nSPS) is 15.0. The number of hydrogen-bond acceptors (Lipinski definition) is 5. The molecule has 122 valence electrons. The van der Waals surface area contributed by atoms with Gasteiger partial charge in [0.05, 0.1) is 6.04 Å². The summed E-state index contributed by atoms with van der Waals surface area (Å²) in [5.41, 5.74) is 1.93. The fourth-order valence-corrected chi connectivity index (χ4v) is 2.90. The molecule has 1 aromatic heterocycles. The van der Waals surface area contributed by atoms with Crippen molar-refractivity contribution in [1.29, 1.82) is 0 Å².